The third-order valence-electron chi connectivity index (χ3n) is 5.46. The van der Waals surface area contributed by atoms with Gasteiger partial charge in [-0.25, -0.2) is 14.4 Å². The van der Waals surface area contributed by atoms with Crippen LogP contribution in [0.2, 0.25) is 0 Å². The van der Waals surface area contributed by atoms with Gasteiger partial charge in [-0.1, -0.05) is 48.5 Å². The highest BCUT2D eigenvalue weighted by molar-refractivity contribution is 5.73. The molecular weight excluding hydrogens is 379 g/mol. The number of nitrogens with zero attached hydrogens (tertiary/aromatic N) is 2. The largest absolute Gasteiger partial charge is 0.354 e. The van der Waals surface area contributed by atoms with Crippen molar-refractivity contribution in [3.05, 3.63) is 66.6 Å². The Kier molecular flexibility index (Phi) is 6.02. The second-order valence-electron chi connectivity index (χ2n) is 7.73. The Morgan fingerprint density at radius 1 is 0.933 bits per heavy atom. The van der Waals surface area contributed by atoms with Crippen molar-refractivity contribution in [3.8, 4) is 22.4 Å². The summed E-state index contributed by atoms with van der Waals surface area (Å²) in [6.45, 7) is 1.55. The molecule has 0 bridgehead atoms. The van der Waals surface area contributed by atoms with Crippen molar-refractivity contribution in [1.82, 2.24) is 15.3 Å². The van der Waals surface area contributed by atoms with Gasteiger partial charge in [0, 0.05) is 24.6 Å². The molecule has 154 valence electrons. The molecule has 5 nitrogen and oxygen atoms in total. The lowest BCUT2D eigenvalue weighted by Crippen LogP contribution is -2.39. The van der Waals surface area contributed by atoms with Crippen LogP contribution in [0.25, 0.3) is 22.4 Å². The number of halogens is 1. The minimum atomic E-state index is -0.444. The number of rotatable bonds is 5. The molecular formula is C24H25FN4O. The lowest BCUT2D eigenvalue weighted by molar-refractivity contribution is -0.119. The second-order valence-corrected chi connectivity index (χ2v) is 7.73. The average Bonchev–Trinajstić information content (AvgIpc) is 2.77. The van der Waals surface area contributed by atoms with E-state index in [2.05, 4.69) is 20.6 Å². The zero-order chi connectivity index (χ0) is 20.9. The maximum Gasteiger partial charge on any atom is 0.223 e. The van der Waals surface area contributed by atoms with Crippen LogP contribution in [0, 0.1) is 5.82 Å². The fourth-order valence-electron chi connectivity index (χ4n) is 3.97. The van der Waals surface area contributed by atoms with Crippen LogP contribution in [-0.2, 0) is 4.79 Å². The first-order chi connectivity index (χ1) is 14.6. The molecule has 3 aromatic rings. The van der Waals surface area contributed by atoms with Gasteiger partial charge in [0.1, 0.15) is 5.69 Å². The van der Waals surface area contributed by atoms with Crippen molar-refractivity contribution < 1.29 is 9.18 Å². The van der Waals surface area contributed by atoms with E-state index in [0.717, 1.165) is 36.8 Å². The Morgan fingerprint density at radius 3 is 2.33 bits per heavy atom. The Hall–Kier alpha value is -3.28. The van der Waals surface area contributed by atoms with E-state index in [1.165, 1.54) is 6.20 Å². The van der Waals surface area contributed by atoms with Crippen LogP contribution < -0.4 is 10.6 Å². The summed E-state index contributed by atoms with van der Waals surface area (Å²) in [7, 11) is 0. The summed E-state index contributed by atoms with van der Waals surface area (Å²) in [5, 5.41) is 6.31. The van der Waals surface area contributed by atoms with Gasteiger partial charge in [-0.2, -0.15) is 0 Å². The van der Waals surface area contributed by atoms with Crippen LogP contribution in [0.3, 0.4) is 0 Å². The molecule has 0 radical (unpaired) electrons. The Balaban J connectivity index is 1.50. The Bertz CT molecular complexity index is 1020. The molecule has 1 aliphatic rings. The summed E-state index contributed by atoms with van der Waals surface area (Å²) in [6, 6.07) is 18.2. The van der Waals surface area contributed by atoms with Crippen LogP contribution in [0.4, 0.5) is 10.3 Å². The first-order valence-electron chi connectivity index (χ1n) is 10.3. The average molecular weight is 404 g/mol. The van der Waals surface area contributed by atoms with E-state index in [1.807, 2.05) is 54.6 Å². The minimum absolute atomic E-state index is 0.00986. The predicted molar refractivity (Wildman–Crippen MR) is 116 cm³/mol. The zero-order valence-corrected chi connectivity index (χ0v) is 16.9. The first-order valence-corrected chi connectivity index (χ1v) is 10.3. The van der Waals surface area contributed by atoms with Gasteiger partial charge < -0.3 is 10.6 Å². The molecule has 1 aliphatic carbocycles. The highest BCUT2D eigenvalue weighted by atomic mass is 19.1. The van der Waals surface area contributed by atoms with Crippen molar-refractivity contribution in [1.29, 1.82) is 0 Å². The van der Waals surface area contributed by atoms with Gasteiger partial charge in [-0.15, -0.1) is 0 Å². The lowest BCUT2D eigenvalue weighted by atomic mass is 9.91. The number of anilines is 1. The summed E-state index contributed by atoms with van der Waals surface area (Å²) in [4.78, 5) is 19.8. The second kappa shape index (κ2) is 9.03. The highest BCUT2D eigenvalue weighted by Gasteiger charge is 2.22. The van der Waals surface area contributed by atoms with E-state index in [9.17, 15) is 9.18 Å². The molecule has 0 atom stereocenters. The Morgan fingerprint density at radius 2 is 1.60 bits per heavy atom. The molecule has 0 saturated heterocycles. The molecule has 0 aliphatic heterocycles. The predicted octanol–water partition coefficient (Wildman–Crippen LogP) is 4.81. The topological polar surface area (TPSA) is 66.9 Å². The molecule has 30 heavy (non-hydrogen) atoms. The zero-order valence-electron chi connectivity index (χ0n) is 16.9. The molecule has 1 fully saturated rings. The third kappa shape index (κ3) is 4.82. The molecule has 1 saturated carbocycles. The normalized spacial score (nSPS) is 18.6. The van der Waals surface area contributed by atoms with Gasteiger partial charge in [0.15, 0.2) is 5.82 Å². The summed E-state index contributed by atoms with van der Waals surface area (Å²) < 4.78 is 14.5. The van der Waals surface area contributed by atoms with Gasteiger partial charge in [-0.3, -0.25) is 4.79 Å². The summed E-state index contributed by atoms with van der Waals surface area (Å²) in [5.41, 5.74) is 3.09. The number of hydrogen-bond acceptors (Lipinski definition) is 4. The molecule has 0 spiro atoms. The van der Waals surface area contributed by atoms with E-state index < -0.39 is 5.82 Å². The van der Waals surface area contributed by atoms with Gasteiger partial charge in [0.2, 0.25) is 11.9 Å². The molecule has 2 aromatic carbocycles. The molecule has 2 N–H and O–H groups in total. The molecule has 6 heteroatoms. The quantitative estimate of drug-likeness (QED) is 0.640. The fourth-order valence-corrected chi connectivity index (χ4v) is 3.97. The number of aromatic nitrogens is 2. The number of hydrogen-bond donors (Lipinski definition) is 2. The smallest absolute Gasteiger partial charge is 0.223 e. The number of nitrogens with one attached hydrogen (secondary N) is 2. The highest BCUT2D eigenvalue weighted by Crippen LogP contribution is 2.28. The van der Waals surface area contributed by atoms with E-state index in [1.54, 1.807) is 6.92 Å². The maximum absolute atomic E-state index is 14.5. The number of amides is 1. The maximum atomic E-state index is 14.5. The van der Waals surface area contributed by atoms with Crippen LogP contribution in [0.5, 0.6) is 0 Å². The molecule has 0 unspecified atom stereocenters. The van der Waals surface area contributed by atoms with Crippen molar-refractivity contribution >= 4 is 11.9 Å². The van der Waals surface area contributed by atoms with Crippen molar-refractivity contribution in [2.45, 2.75) is 44.7 Å². The van der Waals surface area contributed by atoms with Crippen molar-refractivity contribution in [3.63, 3.8) is 0 Å². The molecule has 1 aromatic heterocycles. The van der Waals surface area contributed by atoms with Crippen LogP contribution in [0.1, 0.15) is 32.6 Å². The van der Waals surface area contributed by atoms with E-state index in [4.69, 9.17) is 0 Å². The van der Waals surface area contributed by atoms with E-state index in [-0.39, 0.29) is 23.7 Å². The molecule has 1 amide bonds. The van der Waals surface area contributed by atoms with Crippen LogP contribution in [-0.4, -0.2) is 28.0 Å². The monoisotopic (exact) mass is 404 g/mol. The van der Waals surface area contributed by atoms with E-state index >= 15 is 0 Å². The summed E-state index contributed by atoms with van der Waals surface area (Å²) in [6.07, 6.45) is 4.85. The minimum Gasteiger partial charge on any atom is -0.354 e. The first kappa shape index (κ1) is 20.0. The van der Waals surface area contributed by atoms with Gasteiger partial charge >= 0.3 is 0 Å². The van der Waals surface area contributed by atoms with E-state index in [0.29, 0.717) is 11.5 Å². The standard InChI is InChI=1S/C24H25FN4O/c1-16(30)27-20-10-12-21(13-11-20)28-24-26-15-22(25)23(29-24)19-9-5-8-18(14-19)17-6-3-2-4-7-17/h2-9,14-15,20-21H,10-13H2,1H3,(H,27,30)(H,26,28,29)/t20-,21-. The van der Waals surface area contributed by atoms with Gasteiger partial charge in [-0.05, 0) is 42.9 Å². The summed E-state index contributed by atoms with van der Waals surface area (Å²) >= 11 is 0. The number of carbonyl (C=O) groups excluding carboxylic acids is 1. The number of carbonyl (C=O) groups is 1. The van der Waals surface area contributed by atoms with Gasteiger partial charge in [0.25, 0.3) is 0 Å². The summed E-state index contributed by atoms with van der Waals surface area (Å²) in [5.74, 6) is -0.00438. The van der Waals surface area contributed by atoms with Crippen LogP contribution >= 0.6 is 0 Å². The van der Waals surface area contributed by atoms with Gasteiger partial charge in [0.05, 0.1) is 6.20 Å². The van der Waals surface area contributed by atoms with Crippen LogP contribution in [0.15, 0.2) is 60.8 Å². The molecule has 1 heterocycles. The van der Waals surface area contributed by atoms with Crippen molar-refractivity contribution in [2.24, 2.45) is 0 Å². The third-order valence-corrected chi connectivity index (χ3v) is 5.46. The molecule has 4 rings (SSSR count). The number of benzene rings is 2. The van der Waals surface area contributed by atoms with Crippen molar-refractivity contribution in [2.75, 3.05) is 5.32 Å². The fraction of sp³-hybridized carbons (Fsp3) is 0.292. The lowest BCUT2D eigenvalue weighted by Gasteiger charge is -2.29. The SMILES string of the molecule is CC(=O)N[C@H]1CC[C@H](Nc2ncc(F)c(-c3cccc(-c4ccccc4)c3)n2)CC1. The Labute approximate surface area is 175 Å².